The van der Waals surface area contributed by atoms with Gasteiger partial charge in [-0.2, -0.15) is 0 Å². The minimum Gasteiger partial charge on any atom is -0.497 e. The Bertz CT molecular complexity index is 1120. The molecule has 3 aromatic rings. The number of carbonyl (C=O) groups excluding carboxylic acids is 1. The Labute approximate surface area is 179 Å². The number of anilines is 1. The third-order valence-corrected chi connectivity index (χ3v) is 5.67. The second-order valence-corrected chi connectivity index (χ2v) is 7.59. The summed E-state index contributed by atoms with van der Waals surface area (Å²) in [6.45, 7) is 0. The number of rotatable bonds is 5. The predicted octanol–water partition coefficient (Wildman–Crippen LogP) is 4.85. The first-order chi connectivity index (χ1) is 14.6. The number of methoxy groups -OCH3 is 2. The molecule has 1 fully saturated rings. The molecule has 1 amide bonds. The number of carbonyl (C=O) groups is 1. The number of aryl methyl sites for hydroxylation is 1. The molecule has 1 aliphatic heterocycles. The Morgan fingerprint density at radius 1 is 0.933 bits per heavy atom. The summed E-state index contributed by atoms with van der Waals surface area (Å²) in [5.74, 6) is 1.37. The van der Waals surface area contributed by atoms with Crippen LogP contribution in [-0.4, -0.2) is 29.9 Å². The van der Waals surface area contributed by atoms with Gasteiger partial charge < -0.3 is 14.0 Å². The molecule has 7 heteroatoms. The van der Waals surface area contributed by atoms with Crippen LogP contribution in [0.2, 0.25) is 0 Å². The van der Waals surface area contributed by atoms with E-state index in [0.717, 1.165) is 28.6 Å². The summed E-state index contributed by atoms with van der Waals surface area (Å²) in [6.07, 6.45) is 3.84. The molecular weight excluding hydrogens is 398 g/mol. The molecule has 0 bridgehead atoms. The topological polar surface area (TPSA) is 56.1 Å². The first kappa shape index (κ1) is 19.8. The lowest BCUT2D eigenvalue weighted by atomic mass is 10.2. The average molecular weight is 420 g/mol. The summed E-state index contributed by atoms with van der Waals surface area (Å²) >= 11 is 1.36. The Balaban J connectivity index is 1.75. The van der Waals surface area contributed by atoms with Crippen molar-refractivity contribution in [1.82, 2.24) is 4.57 Å². The maximum absolute atomic E-state index is 13.3. The minimum atomic E-state index is -0.112. The Kier molecular flexibility index (Phi) is 5.63. The van der Waals surface area contributed by atoms with Crippen molar-refractivity contribution in [2.45, 2.75) is 0 Å². The first-order valence-electron chi connectivity index (χ1n) is 9.31. The number of thioether (sulfide) groups is 1. The summed E-state index contributed by atoms with van der Waals surface area (Å²) < 4.78 is 12.4. The third-order valence-electron chi connectivity index (χ3n) is 4.70. The van der Waals surface area contributed by atoms with Gasteiger partial charge in [-0.15, -0.1) is 0 Å². The number of amides is 1. The van der Waals surface area contributed by atoms with E-state index in [1.54, 1.807) is 19.1 Å². The fourth-order valence-electron chi connectivity index (χ4n) is 3.03. The summed E-state index contributed by atoms with van der Waals surface area (Å²) in [5.41, 5.74) is 2.42. The molecule has 0 saturated carbocycles. The van der Waals surface area contributed by atoms with Crippen LogP contribution < -0.4 is 14.4 Å². The van der Waals surface area contributed by atoms with Gasteiger partial charge in [0.2, 0.25) is 0 Å². The smallest absolute Gasteiger partial charge is 0.271 e. The second-order valence-electron chi connectivity index (χ2n) is 6.59. The Morgan fingerprint density at radius 2 is 1.57 bits per heavy atom. The van der Waals surface area contributed by atoms with Crippen LogP contribution in [0.3, 0.4) is 0 Å². The van der Waals surface area contributed by atoms with Crippen molar-refractivity contribution in [3.8, 4) is 11.5 Å². The highest BCUT2D eigenvalue weighted by Crippen LogP contribution is 2.38. The van der Waals surface area contributed by atoms with Crippen LogP contribution in [0.15, 0.2) is 76.8 Å². The molecule has 2 aromatic carbocycles. The van der Waals surface area contributed by atoms with Crippen LogP contribution in [-0.2, 0) is 11.8 Å². The molecule has 0 radical (unpaired) electrons. The van der Waals surface area contributed by atoms with Crippen LogP contribution in [0.1, 0.15) is 5.69 Å². The first-order valence-corrected chi connectivity index (χ1v) is 10.1. The molecule has 152 valence electrons. The lowest BCUT2D eigenvalue weighted by Crippen LogP contribution is -2.28. The van der Waals surface area contributed by atoms with Crippen molar-refractivity contribution in [2.75, 3.05) is 19.1 Å². The molecular formula is C23H21N3O3S. The monoisotopic (exact) mass is 419 g/mol. The van der Waals surface area contributed by atoms with E-state index in [4.69, 9.17) is 14.5 Å². The van der Waals surface area contributed by atoms with Gasteiger partial charge in [0.05, 0.1) is 30.5 Å². The summed E-state index contributed by atoms with van der Waals surface area (Å²) in [4.78, 5) is 20.3. The molecule has 1 aliphatic rings. The van der Waals surface area contributed by atoms with E-state index in [1.807, 2.05) is 84.6 Å². The van der Waals surface area contributed by atoms with E-state index >= 15 is 0 Å². The highest BCUT2D eigenvalue weighted by molar-refractivity contribution is 8.19. The fraction of sp³-hybridized carbons (Fsp3) is 0.130. The molecule has 30 heavy (non-hydrogen) atoms. The molecule has 0 atom stereocenters. The van der Waals surface area contributed by atoms with Crippen molar-refractivity contribution < 1.29 is 14.3 Å². The predicted molar refractivity (Wildman–Crippen MR) is 122 cm³/mol. The summed E-state index contributed by atoms with van der Waals surface area (Å²) in [5, 5.41) is 0.593. The van der Waals surface area contributed by atoms with Gasteiger partial charge in [0.1, 0.15) is 11.5 Å². The zero-order valence-corrected chi connectivity index (χ0v) is 17.7. The van der Waals surface area contributed by atoms with Gasteiger partial charge in [0.15, 0.2) is 5.17 Å². The number of ether oxygens (including phenoxy) is 2. The van der Waals surface area contributed by atoms with Gasteiger partial charge in [-0.3, -0.25) is 9.69 Å². The van der Waals surface area contributed by atoms with Crippen molar-refractivity contribution in [2.24, 2.45) is 12.0 Å². The van der Waals surface area contributed by atoms with Gasteiger partial charge in [-0.05, 0) is 78.5 Å². The van der Waals surface area contributed by atoms with Gasteiger partial charge in [-0.1, -0.05) is 0 Å². The maximum Gasteiger partial charge on any atom is 0.271 e. The van der Waals surface area contributed by atoms with Gasteiger partial charge in [0.25, 0.3) is 5.91 Å². The molecule has 6 nitrogen and oxygen atoms in total. The molecule has 0 aliphatic carbocycles. The van der Waals surface area contributed by atoms with Crippen LogP contribution in [0.5, 0.6) is 11.5 Å². The fourth-order valence-corrected chi connectivity index (χ4v) is 4.02. The van der Waals surface area contributed by atoms with E-state index in [-0.39, 0.29) is 5.91 Å². The number of aromatic nitrogens is 1. The largest absolute Gasteiger partial charge is 0.497 e. The summed E-state index contributed by atoms with van der Waals surface area (Å²) in [6, 6.07) is 18.7. The lowest BCUT2D eigenvalue weighted by molar-refractivity contribution is -0.113. The van der Waals surface area contributed by atoms with Crippen LogP contribution in [0.4, 0.5) is 11.4 Å². The standard InChI is InChI=1S/C23H21N3O3S/c1-25-14-4-5-18(25)15-21-22(27)26(17-8-12-20(29-3)13-9-17)23(30-21)24-16-6-10-19(28-2)11-7-16/h4-15H,1-3H3/b21-15+,24-23?. The molecule has 4 rings (SSSR count). The zero-order chi connectivity index (χ0) is 21.1. The minimum absolute atomic E-state index is 0.112. The van der Waals surface area contributed by atoms with E-state index in [1.165, 1.54) is 11.8 Å². The van der Waals surface area contributed by atoms with Crippen LogP contribution in [0.25, 0.3) is 6.08 Å². The zero-order valence-electron chi connectivity index (χ0n) is 16.9. The van der Waals surface area contributed by atoms with Gasteiger partial charge in [0, 0.05) is 18.9 Å². The van der Waals surface area contributed by atoms with E-state index < -0.39 is 0 Å². The van der Waals surface area contributed by atoms with Crippen molar-refractivity contribution in [3.63, 3.8) is 0 Å². The number of benzene rings is 2. The Hall–Kier alpha value is -3.45. The molecule has 0 N–H and O–H groups in total. The SMILES string of the molecule is COc1ccc(N=C2S/C(=C/c3cccn3C)C(=O)N2c2ccc(OC)cc2)cc1. The molecule has 2 heterocycles. The average Bonchev–Trinajstić information content (AvgIpc) is 3.31. The molecule has 0 spiro atoms. The number of amidine groups is 1. The number of hydrogen-bond acceptors (Lipinski definition) is 5. The van der Waals surface area contributed by atoms with E-state index in [0.29, 0.717) is 10.1 Å². The molecule has 0 unspecified atom stereocenters. The normalized spacial score (nSPS) is 16.5. The maximum atomic E-state index is 13.3. The highest BCUT2D eigenvalue weighted by atomic mass is 32.2. The van der Waals surface area contributed by atoms with Crippen molar-refractivity contribution in [1.29, 1.82) is 0 Å². The third kappa shape index (κ3) is 3.97. The van der Waals surface area contributed by atoms with Crippen LogP contribution in [0, 0.1) is 0 Å². The summed E-state index contributed by atoms with van der Waals surface area (Å²) in [7, 11) is 5.19. The van der Waals surface area contributed by atoms with E-state index in [9.17, 15) is 4.79 Å². The van der Waals surface area contributed by atoms with E-state index in [2.05, 4.69) is 0 Å². The van der Waals surface area contributed by atoms with Crippen LogP contribution >= 0.6 is 11.8 Å². The second kappa shape index (κ2) is 8.51. The Morgan fingerprint density at radius 3 is 2.13 bits per heavy atom. The lowest BCUT2D eigenvalue weighted by Gasteiger charge is -2.16. The molecule has 1 saturated heterocycles. The number of aliphatic imine (C=N–C) groups is 1. The van der Waals surface area contributed by atoms with Crippen molar-refractivity contribution >= 4 is 40.3 Å². The molecule has 1 aromatic heterocycles. The number of nitrogens with zero attached hydrogens (tertiary/aromatic N) is 3. The number of hydrogen-bond donors (Lipinski definition) is 0. The van der Waals surface area contributed by atoms with Gasteiger partial charge in [-0.25, -0.2) is 4.99 Å². The van der Waals surface area contributed by atoms with Gasteiger partial charge >= 0.3 is 0 Å². The highest BCUT2D eigenvalue weighted by Gasteiger charge is 2.35. The quantitative estimate of drug-likeness (QED) is 0.555. The van der Waals surface area contributed by atoms with Crippen molar-refractivity contribution in [3.05, 3.63) is 77.5 Å².